The van der Waals surface area contributed by atoms with Gasteiger partial charge in [-0.25, -0.2) is 13.6 Å². The highest BCUT2D eigenvalue weighted by Crippen LogP contribution is 2.26. The number of carbonyl (C=O) groups is 1. The quantitative estimate of drug-likeness (QED) is 0.116. The van der Waals surface area contributed by atoms with Crippen LogP contribution in [0.25, 0.3) is 0 Å². The molecule has 0 spiro atoms. The molecule has 34 heavy (non-hydrogen) atoms. The predicted octanol–water partition coefficient (Wildman–Crippen LogP) is 7.44. The molecule has 0 saturated heterocycles. The third-order valence-corrected chi connectivity index (χ3v) is 5.32. The SMILES string of the molecule is CC/C=C\[C@H](C)COc1ccc(C(=O)Oc2ccc([C@H](COCCCCC)C(F)F)cc2)cc1. The van der Waals surface area contributed by atoms with Crippen LogP contribution < -0.4 is 9.47 Å². The molecule has 0 radical (unpaired) electrons. The van der Waals surface area contributed by atoms with Gasteiger partial charge in [0, 0.05) is 12.5 Å². The maximum Gasteiger partial charge on any atom is 0.343 e. The number of allylic oxidation sites excluding steroid dienone is 1. The van der Waals surface area contributed by atoms with Crippen molar-refractivity contribution < 1.29 is 27.8 Å². The van der Waals surface area contributed by atoms with E-state index in [4.69, 9.17) is 14.2 Å². The Balaban J connectivity index is 1.89. The second-order valence-electron chi connectivity index (χ2n) is 8.33. The van der Waals surface area contributed by atoms with Crippen molar-refractivity contribution in [2.75, 3.05) is 19.8 Å². The molecule has 186 valence electrons. The van der Waals surface area contributed by atoms with Gasteiger partial charge in [-0.15, -0.1) is 0 Å². The maximum atomic E-state index is 13.5. The number of rotatable bonds is 15. The van der Waals surface area contributed by atoms with E-state index < -0.39 is 18.3 Å². The molecule has 2 rings (SSSR count). The molecule has 0 aliphatic carbocycles. The molecule has 2 aromatic carbocycles. The average molecular weight is 475 g/mol. The third kappa shape index (κ3) is 9.64. The first-order valence-electron chi connectivity index (χ1n) is 12.0. The number of esters is 1. The summed E-state index contributed by atoms with van der Waals surface area (Å²) in [5.74, 6) is -0.276. The van der Waals surface area contributed by atoms with Gasteiger partial charge in [0.05, 0.1) is 24.7 Å². The molecule has 0 N–H and O–H groups in total. The summed E-state index contributed by atoms with van der Waals surface area (Å²) >= 11 is 0. The highest BCUT2D eigenvalue weighted by atomic mass is 19.3. The van der Waals surface area contributed by atoms with E-state index >= 15 is 0 Å². The minimum Gasteiger partial charge on any atom is -0.493 e. The monoisotopic (exact) mass is 474 g/mol. The number of benzene rings is 2. The molecule has 2 aromatic rings. The van der Waals surface area contributed by atoms with Crippen molar-refractivity contribution in [2.24, 2.45) is 5.92 Å². The lowest BCUT2D eigenvalue weighted by atomic mass is 10.0. The molecular formula is C28H36F2O4. The minimum atomic E-state index is -2.54. The Morgan fingerprint density at radius 3 is 2.24 bits per heavy atom. The third-order valence-electron chi connectivity index (χ3n) is 5.32. The molecule has 2 atom stereocenters. The largest absolute Gasteiger partial charge is 0.493 e. The van der Waals surface area contributed by atoms with E-state index in [1.807, 2.05) is 0 Å². The van der Waals surface area contributed by atoms with Crippen LogP contribution in [0.4, 0.5) is 8.78 Å². The van der Waals surface area contributed by atoms with E-state index in [9.17, 15) is 13.6 Å². The molecule has 0 bridgehead atoms. The molecule has 0 amide bonds. The number of carbonyl (C=O) groups excluding carboxylic acids is 1. The topological polar surface area (TPSA) is 44.8 Å². The number of halogens is 2. The summed E-state index contributed by atoms with van der Waals surface area (Å²) in [4.78, 5) is 12.5. The van der Waals surface area contributed by atoms with Crippen LogP contribution in [0.2, 0.25) is 0 Å². The first-order valence-corrected chi connectivity index (χ1v) is 12.0. The van der Waals surface area contributed by atoms with Gasteiger partial charge in [-0.05, 0) is 54.8 Å². The van der Waals surface area contributed by atoms with Crippen molar-refractivity contribution in [1.29, 1.82) is 0 Å². The Morgan fingerprint density at radius 2 is 1.62 bits per heavy atom. The van der Waals surface area contributed by atoms with Crippen molar-refractivity contribution in [2.45, 2.75) is 58.8 Å². The van der Waals surface area contributed by atoms with Gasteiger partial charge in [0.2, 0.25) is 6.43 Å². The Labute approximate surface area is 201 Å². The zero-order valence-corrected chi connectivity index (χ0v) is 20.3. The summed E-state index contributed by atoms with van der Waals surface area (Å²) in [7, 11) is 0. The van der Waals surface area contributed by atoms with E-state index in [-0.39, 0.29) is 6.61 Å². The van der Waals surface area contributed by atoms with Gasteiger partial charge in [0.25, 0.3) is 0 Å². The van der Waals surface area contributed by atoms with Crippen molar-refractivity contribution in [1.82, 2.24) is 0 Å². The summed E-state index contributed by atoms with van der Waals surface area (Å²) in [6.07, 6.45) is 5.61. The average Bonchev–Trinajstić information content (AvgIpc) is 2.84. The van der Waals surface area contributed by atoms with Crippen LogP contribution in [0.3, 0.4) is 0 Å². The standard InChI is InChI=1S/C28H36F2O4/c1-4-6-8-18-32-20-26(27(29)30)22-10-16-25(17-11-22)34-28(31)23-12-14-24(15-13-23)33-19-21(3)9-7-5-2/h7,9-17,21,26-27H,4-6,8,18-20H2,1-3H3/b9-7-/t21-,26-/m0/s1. The van der Waals surface area contributed by atoms with Gasteiger partial charge >= 0.3 is 5.97 Å². The van der Waals surface area contributed by atoms with Crippen LogP contribution in [-0.2, 0) is 4.74 Å². The van der Waals surface area contributed by atoms with Crippen molar-refractivity contribution >= 4 is 5.97 Å². The molecular weight excluding hydrogens is 438 g/mol. The maximum absolute atomic E-state index is 13.5. The van der Waals surface area contributed by atoms with Gasteiger partial charge in [-0.1, -0.05) is 57.9 Å². The van der Waals surface area contributed by atoms with Crippen LogP contribution >= 0.6 is 0 Å². The zero-order valence-electron chi connectivity index (χ0n) is 20.3. The summed E-state index contributed by atoms with van der Waals surface area (Å²) in [6, 6.07) is 12.9. The normalized spacial score (nSPS) is 13.2. The number of ether oxygens (including phenoxy) is 3. The molecule has 0 unspecified atom stereocenters. The van der Waals surface area contributed by atoms with Gasteiger partial charge in [0.1, 0.15) is 11.5 Å². The van der Waals surface area contributed by atoms with Crippen LogP contribution in [-0.4, -0.2) is 32.2 Å². The summed E-state index contributed by atoms with van der Waals surface area (Å²) in [6.45, 7) is 7.23. The Hall–Kier alpha value is -2.73. The summed E-state index contributed by atoms with van der Waals surface area (Å²) in [5, 5.41) is 0. The molecule has 0 heterocycles. The van der Waals surface area contributed by atoms with E-state index in [0.29, 0.717) is 41.8 Å². The summed E-state index contributed by atoms with van der Waals surface area (Å²) in [5.41, 5.74) is 0.830. The minimum absolute atomic E-state index is 0.0391. The lowest BCUT2D eigenvalue weighted by molar-refractivity contribution is 0.0422. The lowest BCUT2D eigenvalue weighted by Gasteiger charge is -2.17. The number of hydrogen-bond donors (Lipinski definition) is 0. The van der Waals surface area contributed by atoms with Crippen molar-refractivity contribution in [3.8, 4) is 11.5 Å². The number of alkyl halides is 2. The van der Waals surface area contributed by atoms with Gasteiger partial charge in [0.15, 0.2) is 0 Å². The Bertz CT molecular complexity index is 863. The molecule has 0 fully saturated rings. The van der Waals surface area contributed by atoms with Crippen molar-refractivity contribution in [3.63, 3.8) is 0 Å². The highest BCUT2D eigenvalue weighted by Gasteiger charge is 2.23. The van der Waals surface area contributed by atoms with E-state index in [1.165, 1.54) is 12.1 Å². The molecule has 0 aromatic heterocycles. The highest BCUT2D eigenvalue weighted by molar-refractivity contribution is 5.91. The number of hydrogen-bond acceptors (Lipinski definition) is 4. The molecule has 0 aliphatic rings. The molecule has 0 saturated carbocycles. The van der Waals surface area contributed by atoms with Crippen LogP contribution in [0.15, 0.2) is 60.7 Å². The van der Waals surface area contributed by atoms with Gasteiger partial charge in [-0.2, -0.15) is 0 Å². The van der Waals surface area contributed by atoms with Crippen LogP contribution in [0, 0.1) is 5.92 Å². The van der Waals surface area contributed by atoms with E-state index in [2.05, 4.69) is 32.9 Å². The predicted molar refractivity (Wildman–Crippen MR) is 131 cm³/mol. The van der Waals surface area contributed by atoms with E-state index in [1.54, 1.807) is 36.4 Å². The molecule has 0 aliphatic heterocycles. The van der Waals surface area contributed by atoms with Crippen LogP contribution in [0.1, 0.15) is 68.3 Å². The fourth-order valence-corrected chi connectivity index (χ4v) is 3.27. The van der Waals surface area contributed by atoms with Gasteiger partial charge in [-0.3, -0.25) is 0 Å². The summed E-state index contributed by atoms with van der Waals surface area (Å²) < 4.78 is 43.6. The number of unbranched alkanes of at least 4 members (excludes halogenated alkanes) is 2. The van der Waals surface area contributed by atoms with E-state index in [0.717, 1.165) is 25.7 Å². The smallest absolute Gasteiger partial charge is 0.343 e. The zero-order chi connectivity index (χ0) is 24.8. The second kappa shape index (κ2) is 15.2. The van der Waals surface area contributed by atoms with Crippen molar-refractivity contribution in [3.05, 3.63) is 71.8 Å². The Morgan fingerprint density at radius 1 is 0.941 bits per heavy atom. The fraction of sp³-hybridized carbons (Fsp3) is 0.464. The lowest BCUT2D eigenvalue weighted by Crippen LogP contribution is -2.16. The Kier molecular flexibility index (Phi) is 12.3. The second-order valence-corrected chi connectivity index (χ2v) is 8.33. The molecule has 4 nitrogen and oxygen atoms in total. The first-order chi connectivity index (χ1) is 16.4. The fourth-order valence-electron chi connectivity index (χ4n) is 3.27. The van der Waals surface area contributed by atoms with Crippen LogP contribution in [0.5, 0.6) is 11.5 Å². The first kappa shape index (κ1) is 27.5. The van der Waals surface area contributed by atoms with Gasteiger partial charge < -0.3 is 14.2 Å². The molecule has 6 heteroatoms.